The van der Waals surface area contributed by atoms with E-state index in [1.165, 1.54) is 0 Å². The van der Waals surface area contributed by atoms with E-state index in [0.29, 0.717) is 26.1 Å². The van der Waals surface area contributed by atoms with E-state index in [4.69, 9.17) is 33.3 Å². The maximum atomic E-state index is 12.5. The normalized spacial score (nSPS) is 27.5. The quantitative estimate of drug-likeness (QED) is 0.308. The molecule has 3 aromatic rings. The molecule has 2 saturated heterocycles. The molecular formula is C33H39NO8. The highest BCUT2D eigenvalue weighted by atomic mass is 16.8. The predicted molar refractivity (Wildman–Crippen MR) is 154 cm³/mol. The van der Waals surface area contributed by atoms with Crippen LogP contribution in [0.3, 0.4) is 0 Å². The maximum absolute atomic E-state index is 12.5. The summed E-state index contributed by atoms with van der Waals surface area (Å²) in [6, 6.07) is 29.1. The first-order valence-electron chi connectivity index (χ1n) is 14.4. The lowest BCUT2D eigenvalue weighted by Gasteiger charge is -2.53. The Balaban J connectivity index is 1.45. The van der Waals surface area contributed by atoms with Gasteiger partial charge >= 0.3 is 5.97 Å². The third-order valence-electron chi connectivity index (χ3n) is 7.44. The fraction of sp³-hybridized carbons (Fsp3) is 0.424. The fourth-order valence-electron chi connectivity index (χ4n) is 5.28. The molecule has 0 bridgehead atoms. The first kappa shape index (κ1) is 30.3. The molecule has 6 atom stereocenters. The third-order valence-corrected chi connectivity index (χ3v) is 7.44. The van der Waals surface area contributed by atoms with Gasteiger partial charge in [0.2, 0.25) is 5.79 Å². The predicted octanol–water partition coefficient (Wildman–Crippen LogP) is 4.69. The molecule has 0 aliphatic carbocycles. The van der Waals surface area contributed by atoms with E-state index < -0.39 is 36.4 Å². The summed E-state index contributed by atoms with van der Waals surface area (Å²) in [4.78, 5) is 18.7. The van der Waals surface area contributed by atoms with Crippen LogP contribution in [0, 0.1) is 0 Å². The van der Waals surface area contributed by atoms with Crippen molar-refractivity contribution in [2.45, 2.75) is 76.0 Å². The van der Waals surface area contributed by atoms with Crippen LogP contribution in [0.5, 0.6) is 0 Å². The van der Waals surface area contributed by atoms with Gasteiger partial charge in [0.25, 0.3) is 0 Å². The molecule has 0 saturated carbocycles. The van der Waals surface area contributed by atoms with Gasteiger partial charge in [-0.05, 0) is 30.0 Å². The van der Waals surface area contributed by atoms with Crippen LogP contribution in [0.15, 0.2) is 91.0 Å². The monoisotopic (exact) mass is 577 g/mol. The van der Waals surface area contributed by atoms with Gasteiger partial charge in [-0.1, -0.05) is 91.0 Å². The van der Waals surface area contributed by atoms with Crippen molar-refractivity contribution in [1.82, 2.24) is 5.48 Å². The maximum Gasteiger partial charge on any atom is 0.325 e. The number of benzene rings is 3. The summed E-state index contributed by atoms with van der Waals surface area (Å²) in [5, 5.41) is 0. The Bertz CT molecular complexity index is 1220. The lowest BCUT2D eigenvalue weighted by molar-refractivity contribution is -0.434. The highest BCUT2D eigenvalue weighted by Crippen LogP contribution is 2.42. The minimum absolute atomic E-state index is 0.281. The molecular weight excluding hydrogens is 538 g/mol. The Kier molecular flexibility index (Phi) is 10.7. The van der Waals surface area contributed by atoms with E-state index in [-0.39, 0.29) is 19.2 Å². The molecule has 5 rings (SSSR count). The molecule has 2 heterocycles. The Morgan fingerprint density at radius 1 is 0.810 bits per heavy atom. The van der Waals surface area contributed by atoms with Gasteiger partial charge in [-0.3, -0.25) is 9.63 Å². The lowest BCUT2D eigenvalue weighted by atomic mass is 9.89. The number of methoxy groups -OCH3 is 1. The van der Waals surface area contributed by atoms with Crippen molar-refractivity contribution in [3.8, 4) is 0 Å². The second-order valence-corrected chi connectivity index (χ2v) is 10.3. The summed E-state index contributed by atoms with van der Waals surface area (Å²) < 4.78 is 37.3. The molecule has 9 heteroatoms. The van der Waals surface area contributed by atoms with Crippen LogP contribution in [0.2, 0.25) is 0 Å². The van der Waals surface area contributed by atoms with E-state index in [0.717, 1.165) is 16.7 Å². The molecule has 0 aromatic heterocycles. The van der Waals surface area contributed by atoms with E-state index in [2.05, 4.69) is 5.48 Å². The number of rotatable bonds is 12. The van der Waals surface area contributed by atoms with Crippen molar-refractivity contribution in [3.05, 3.63) is 108 Å². The summed E-state index contributed by atoms with van der Waals surface area (Å²) in [6.45, 7) is 2.97. The SMILES string of the molecule is CCOC(=O)[C@H]1CC[C@]2(ON1)O[C@H](OC)[C@H](OCc1ccccc1)[C@@H](OCc1ccccc1)[C@@H]2OCc1ccccc1. The Labute approximate surface area is 246 Å². The number of esters is 1. The summed E-state index contributed by atoms with van der Waals surface area (Å²) in [5.41, 5.74) is 5.86. The molecule has 42 heavy (non-hydrogen) atoms. The summed E-state index contributed by atoms with van der Waals surface area (Å²) in [5.74, 6) is -1.71. The number of carbonyl (C=O) groups is 1. The van der Waals surface area contributed by atoms with Crippen LogP contribution >= 0.6 is 0 Å². The van der Waals surface area contributed by atoms with E-state index in [1.54, 1.807) is 14.0 Å². The van der Waals surface area contributed by atoms with E-state index >= 15 is 0 Å². The van der Waals surface area contributed by atoms with Crippen LogP contribution in [-0.4, -0.2) is 56.1 Å². The third kappa shape index (κ3) is 7.43. The van der Waals surface area contributed by atoms with Gasteiger partial charge in [0.05, 0.1) is 26.4 Å². The molecule has 0 unspecified atom stereocenters. The molecule has 224 valence electrons. The summed E-state index contributed by atoms with van der Waals surface area (Å²) >= 11 is 0. The van der Waals surface area contributed by atoms with Crippen LogP contribution in [0.4, 0.5) is 0 Å². The second kappa shape index (κ2) is 14.8. The first-order valence-corrected chi connectivity index (χ1v) is 14.4. The van der Waals surface area contributed by atoms with Crippen LogP contribution in [0.25, 0.3) is 0 Å². The van der Waals surface area contributed by atoms with Gasteiger partial charge in [-0.2, -0.15) is 5.48 Å². The number of ether oxygens (including phenoxy) is 6. The number of hydrogen-bond donors (Lipinski definition) is 1. The number of hydroxylamine groups is 1. The van der Waals surface area contributed by atoms with Gasteiger partial charge in [-0.25, -0.2) is 0 Å². The van der Waals surface area contributed by atoms with Crippen LogP contribution in [0.1, 0.15) is 36.5 Å². The number of hydrogen-bond acceptors (Lipinski definition) is 9. The molecule has 1 spiro atoms. The average Bonchev–Trinajstić information content (AvgIpc) is 3.04. The Morgan fingerprint density at radius 2 is 1.33 bits per heavy atom. The lowest BCUT2D eigenvalue weighted by Crippen LogP contribution is -2.70. The number of nitrogens with one attached hydrogen (secondary N) is 1. The van der Waals surface area contributed by atoms with Crippen LogP contribution in [-0.2, 0) is 57.9 Å². The molecule has 0 radical (unpaired) electrons. The second-order valence-electron chi connectivity index (χ2n) is 10.3. The Hall–Kier alpha value is -3.15. The molecule has 2 aliphatic heterocycles. The van der Waals surface area contributed by atoms with Gasteiger partial charge in [0.1, 0.15) is 24.4 Å². The van der Waals surface area contributed by atoms with Crippen molar-refractivity contribution < 1.29 is 38.1 Å². The molecule has 3 aromatic carbocycles. The largest absolute Gasteiger partial charge is 0.465 e. The summed E-state index contributed by atoms with van der Waals surface area (Å²) in [7, 11) is 1.56. The van der Waals surface area contributed by atoms with Crippen molar-refractivity contribution in [2.75, 3.05) is 13.7 Å². The van der Waals surface area contributed by atoms with Crippen molar-refractivity contribution in [3.63, 3.8) is 0 Å². The zero-order chi connectivity index (χ0) is 29.2. The molecule has 9 nitrogen and oxygen atoms in total. The van der Waals surface area contributed by atoms with E-state index in [1.807, 2.05) is 91.0 Å². The van der Waals surface area contributed by atoms with Gasteiger partial charge in [0.15, 0.2) is 6.29 Å². The topological polar surface area (TPSA) is 93.7 Å². The zero-order valence-corrected chi connectivity index (χ0v) is 24.1. The fourth-order valence-corrected chi connectivity index (χ4v) is 5.28. The molecule has 2 aliphatic rings. The van der Waals surface area contributed by atoms with Crippen LogP contribution < -0.4 is 5.48 Å². The molecule has 1 N–H and O–H groups in total. The van der Waals surface area contributed by atoms with Crippen molar-refractivity contribution >= 4 is 5.97 Å². The highest BCUT2D eigenvalue weighted by molar-refractivity contribution is 5.75. The minimum Gasteiger partial charge on any atom is -0.465 e. The van der Waals surface area contributed by atoms with Gasteiger partial charge < -0.3 is 28.4 Å². The van der Waals surface area contributed by atoms with Gasteiger partial charge in [0, 0.05) is 13.5 Å². The van der Waals surface area contributed by atoms with Gasteiger partial charge in [-0.15, -0.1) is 0 Å². The standard InChI is InChI=1S/C33H39NO8/c1-3-37-31(35)27-19-20-33(42-34-27)30(40-23-26-17-11-6-12-18-26)28(38-21-24-13-7-4-8-14-24)29(32(36-2)41-33)39-22-25-15-9-5-10-16-25/h4-18,27-30,32,34H,3,19-23H2,1-2H3/t27-,28-,29-,30+,32+,33-/m1/s1. The minimum atomic E-state index is -1.33. The zero-order valence-electron chi connectivity index (χ0n) is 24.1. The molecule has 2 fully saturated rings. The Morgan fingerprint density at radius 3 is 1.81 bits per heavy atom. The first-order chi connectivity index (χ1) is 20.6. The van der Waals surface area contributed by atoms with Crippen molar-refractivity contribution in [1.29, 1.82) is 0 Å². The average molecular weight is 578 g/mol. The van der Waals surface area contributed by atoms with Crippen molar-refractivity contribution in [2.24, 2.45) is 0 Å². The number of carbonyl (C=O) groups excluding carboxylic acids is 1. The highest BCUT2D eigenvalue weighted by Gasteiger charge is 2.60. The smallest absolute Gasteiger partial charge is 0.325 e. The van der Waals surface area contributed by atoms with E-state index in [9.17, 15) is 4.79 Å². The molecule has 0 amide bonds. The summed E-state index contributed by atoms with van der Waals surface area (Å²) in [6.07, 6.45) is -2.16.